The van der Waals surface area contributed by atoms with Gasteiger partial charge in [0.15, 0.2) is 0 Å². The number of benzene rings is 2. The van der Waals surface area contributed by atoms with Crippen molar-refractivity contribution >= 4 is 17.9 Å². The third-order valence-electron chi connectivity index (χ3n) is 7.66. The molecule has 44 heavy (non-hydrogen) atoms. The van der Waals surface area contributed by atoms with Crippen LogP contribution in [0.2, 0.25) is 0 Å². The molecule has 3 rings (SSSR count). The molecular weight excluding hydrogens is 570 g/mol. The van der Waals surface area contributed by atoms with Gasteiger partial charge in [-0.1, -0.05) is 13.8 Å². The summed E-state index contributed by atoms with van der Waals surface area (Å²) in [6, 6.07) is 7.20. The van der Waals surface area contributed by atoms with Gasteiger partial charge in [-0.2, -0.15) is 0 Å². The number of piperidine rings is 1. The van der Waals surface area contributed by atoms with Gasteiger partial charge in [-0.05, 0) is 87.4 Å². The second-order valence-corrected chi connectivity index (χ2v) is 11.4. The molecule has 0 spiro atoms. The number of likely N-dealkylation sites (tertiary alicyclic amines) is 1. The van der Waals surface area contributed by atoms with Gasteiger partial charge in [0.05, 0.1) is 18.8 Å². The number of ether oxygens (including phenoxy) is 1. The summed E-state index contributed by atoms with van der Waals surface area (Å²) in [4.78, 5) is 42.2. The molecule has 0 bridgehead atoms. The molecule has 0 unspecified atom stereocenters. The molecule has 11 heteroatoms. The first kappa shape index (κ1) is 34.9. The molecule has 0 radical (unpaired) electrons. The van der Waals surface area contributed by atoms with Crippen LogP contribution in [-0.2, 0) is 11.2 Å². The predicted molar refractivity (Wildman–Crippen MR) is 165 cm³/mol. The molecule has 242 valence electrons. The number of aliphatic hydroxyl groups is 1. The molecule has 0 aromatic heterocycles. The standard InChI is InChI=1S/C33H46F2N4O5/c1-5-10-38(11-6-2)32(42)25-15-22(4)14-24(19-25)31(41)37-29(18-23-16-26(34)20-27(35)17-23)30(40)21-36-28-8-12-39(13-9-28)33(43)44-7-3/h14-17,19-20,28-30,36,40H,5-13,18,21H2,1-4H3,(H,37,41)/t29-,30+/m0/s1. The van der Waals surface area contributed by atoms with E-state index in [1.807, 2.05) is 13.8 Å². The van der Waals surface area contributed by atoms with Crippen LogP contribution in [0.1, 0.15) is 78.3 Å². The van der Waals surface area contributed by atoms with Crippen LogP contribution in [0.15, 0.2) is 36.4 Å². The summed E-state index contributed by atoms with van der Waals surface area (Å²) in [5.41, 5.74) is 1.67. The molecule has 3 N–H and O–H groups in total. The lowest BCUT2D eigenvalue weighted by atomic mass is 9.98. The van der Waals surface area contributed by atoms with E-state index in [9.17, 15) is 28.3 Å². The second kappa shape index (κ2) is 17.1. The zero-order valence-electron chi connectivity index (χ0n) is 26.2. The summed E-state index contributed by atoms with van der Waals surface area (Å²) in [6.07, 6.45) is 1.45. The van der Waals surface area contributed by atoms with Crippen LogP contribution in [0.4, 0.5) is 13.6 Å². The monoisotopic (exact) mass is 616 g/mol. The summed E-state index contributed by atoms with van der Waals surface area (Å²) >= 11 is 0. The lowest BCUT2D eigenvalue weighted by molar-refractivity contribution is 0.0755. The molecule has 2 aromatic rings. The summed E-state index contributed by atoms with van der Waals surface area (Å²) in [5.74, 6) is -2.17. The van der Waals surface area contributed by atoms with Gasteiger partial charge in [0.1, 0.15) is 11.6 Å². The van der Waals surface area contributed by atoms with Crippen LogP contribution in [0.3, 0.4) is 0 Å². The van der Waals surface area contributed by atoms with E-state index >= 15 is 0 Å². The van der Waals surface area contributed by atoms with Crippen LogP contribution in [-0.4, -0.2) is 90.3 Å². The van der Waals surface area contributed by atoms with Crippen molar-refractivity contribution in [2.75, 3.05) is 39.3 Å². The highest BCUT2D eigenvalue weighted by Gasteiger charge is 2.27. The second-order valence-electron chi connectivity index (χ2n) is 11.4. The number of rotatable bonds is 14. The van der Waals surface area contributed by atoms with Crippen LogP contribution in [0.25, 0.3) is 0 Å². The van der Waals surface area contributed by atoms with Crippen molar-refractivity contribution in [3.63, 3.8) is 0 Å². The number of amides is 3. The molecule has 1 saturated heterocycles. The van der Waals surface area contributed by atoms with Gasteiger partial charge in [-0.25, -0.2) is 13.6 Å². The third kappa shape index (κ3) is 10.3. The Morgan fingerprint density at radius 3 is 2.18 bits per heavy atom. The normalized spacial score (nSPS) is 15.0. The molecule has 1 fully saturated rings. The number of hydrogen-bond donors (Lipinski definition) is 3. The molecule has 9 nitrogen and oxygen atoms in total. The summed E-state index contributed by atoms with van der Waals surface area (Å²) in [7, 11) is 0. The van der Waals surface area contributed by atoms with Crippen molar-refractivity contribution in [1.82, 2.24) is 20.4 Å². The Balaban J connectivity index is 1.75. The lowest BCUT2D eigenvalue weighted by Crippen LogP contribution is -2.52. The van der Waals surface area contributed by atoms with Crippen molar-refractivity contribution in [2.45, 2.75) is 78.0 Å². The molecule has 0 aliphatic carbocycles. The van der Waals surface area contributed by atoms with Crippen LogP contribution in [0.5, 0.6) is 0 Å². The van der Waals surface area contributed by atoms with Gasteiger partial charge in [0.2, 0.25) is 0 Å². The van der Waals surface area contributed by atoms with Crippen LogP contribution < -0.4 is 10.6 Å². The Bertz CT molecular complexity index is 1240. The zero-order valence-corrected chi connectivity index (χ0v) is 26.2. The maximum absolute atomic E-state index is 14.0. The Labute approximate surface area is 258 Å². The van der Waals surface area contributed by atoms with E-state index in [4.69, 9.17) is 4.74 Å². The molecule has 1 aliphatic heterocycles. The largest absolute Gasteiger partial charge is 0.450 e. The van der Waals surface area contributed by atoms with Gasteiger partial charge < -0.3 is 30.3 Å². The quantitative estimate of drug-likeness (QED) is 0.289. The zero-order chi connectivity index (χ0) is 32.2. The van der Waals surface area contributed by atoms with E-state index in [2.05, 4.69) is 10.6 Å². The maximum Gasteiger partial charge on any atom is 0.409 e. The number of carbonyl (C=O) groups is 3. The number of nitrogens with zero attached hydrogens (tertiary/aromatic N) is 2. The number of carbonyl (C=O) groups excluding carboxylic acids is 3. The smallest absolute Gasteiger partial charge is 0.409 e. The Kier molecular flexibility index (Phi) is 13.5. The minimum absolute atomic E-state index is 0.0249. The van der Waals surface area contributed by atoms with Crippen molar-refractivity contribution in [3.8, 4) is 0 Å². The molecular formula is C33H46F2N4O5. The molecule has 2 atom stereocenters. The number of hydrogen-bond acceptors (Lipinski definition) is 6. The van der Waals surface area contributed by atoms with E-state index in [0.717, 1.165) is 24.5 Å². The van der Waals surface area contributed by atoms with E-state index in [1.54, 1.807) is 41.8 Å². The Hall–Kier alpha value is -3.57. The van der Waals surface area contributed by atoms with Crippen molar-refractivity contribution in [3.05, 3.63) is 70.3 Å². The SMILES string of the molecule is CCCN(CCC)C(=O)c1cc(C)cc(C(=O)N[C@@H](Cc2cc(F)cc(F)c2)[C@H](O)CNC2CCN(C(=O)OCC)CC2)c1. The Morgan fingerprint density at radius 1 is 0.977 bits per heavy atom. The molecule has 2 aromatic carbocycles. The van der Waals surface area contributed by atoms with E-state index in [0.29, 0.717) is 51.2 Å². The molecule has 1 heterocycles. The van der Waals surface area contributed by atoms with E-state index < -0.39 is 29.7 Å². The average Bonchev–Trinajstić information content (AvgIpc) is 2.98. The highest BCUT2D eigenvalue weighted by Crippen LogP contribution is 2.17. The minimum Gasteiger partial charge on any atom is -0.450 e. The first-order chi connectivity index (χ1) is 21.0. The van der Waals surface area contributed by atoms with E-state index in [-0.39, 0.29) is 42.1 Å². The molecule has 0 saturated carbocycles. The van der Waals surface area contributed by atoms with Gasteiger partial charge in [-0.15, -0.1) is 0 Å². The van der Waals surface area contributed by atoms with Gasteiger partial charge in [0.25, 0.3) is 11.8 Å². The first-order valence-corrected chi connectivity index (χ1v) is 15.5. The van der Waals surface area contributed by atoms with Crippen molar-refractivity contribution in [1.29, 1.82) is 0 Å². The van der Waals surface area contributed by atoms with Gasteiger partial charge >= 0.3 is 6.09 Å². The fraction of sp³-hybridized carbons (Fsp3) is 0.545. The van der Waals surface area contributed by atoms with Crippen molar-refractivity contribution < 1.29 is 33.0 Å². The van der Waals surface area contributed by atoms with Crippen LogP contribution >= 0.6 is 0 Å². The fourth-order valence-corrected chi connectivity index (χ4v) is 5.50. The highest BCUT2D eigenvalue weighted by atomic mass is 19.1. The highest BCUT2D eigenvalue weighted by molar-refractivity contribution is 6.00. The summed E-state index contributed by atoms with van der Waals surface area (Å²) < 4.78 is 33.1. The van der Waals surface area contributed by atoms with Crippen LogP contribution in [0, 0.1) is 18.6 Å². The number of nitrogens with one attached hydrogen (secondary N) is 2. The Morgan fingerprint density at radius 2 is 1.59 bits per heavy atom. The van der Waals surface area contributed by atoms with Gasteiger partial charge in [0, 0.05) is 56.0 Å². The fourth-order valence-electron chi connectivity index (χ4n) is 5.50. The molecule has 3 amide bonds. The third-order valence-corrected chi connectivity index (χ3v) is 7.66. The number of halogens is 2. The minimum atomic E-state index is -1.11. The predicted octanol–water partition coefficient (Wildman–Crippen LogP) is 4.45. The van der Waals surface area contributed by atoms with Gasteiger partial charge in [-0.3, -0.25) is 9.59 Å². The lowest BCUT2D eigenvalue weighted by Gasteiger charge is -2.33. The number of aliphatic hydroxyl groups excluding tert-OH is 1. The summed E-state index contributed by atoms with van der Waals surface area (Å²) in [5, 5.41) is 17.4. The van der Waals surface area contributed by atoms with E-state index in [1.165, 1.54) is 12.1 Å². The number of aryl methyl sites for hydroxylation is 1. The molecule has 1 aliphatic rings. The maximum atomic E-state index is 14.0. The summed E-state index contributed by atoms with van der Waals surface area (Å²) in [6.45, 7) is 10.2. The van der Waals surface area contributed by atoms with Crippen molar-refractivity contribution in [2.24, 2.45) is 0 Å². The average molecular weight is 617 g/mol. The topological polar surface area (TPSA) is 111 Å². The first-order valence-electron chi connectivity index (χ1n) is 15.5.